The van der Waals surface area contributed by atoms with Crippen LogP contribution in [0.2, 0.25) is 0 Å². The van der Waals surface area contributed by atoms with Crippen molar-refractivity contribution in [1.29, 1.82) is 0 Å². The number of carbonyl (C=O) groups excluding carboxylic acids is 1. The van der Waals surface area contributed by atoms with E-state index >= 15 is 0 Å². The van der Waals surface area contributed by atoms with Crippen molar-refractivity contribution in [2.75, 3.05) is 32.3 Å². The number of nitrogens with two attached hydrogens (primary N) is 1. The Kier molecular flexibility index (Phi) is 4.96. The van der Waals surface area contributed by atoms with Gasteiger partial charge in [-0.2, -0.15) is 0 Å². The maximum absolute atomic E-state index is 12.1. The summed E-state index contributed by atoms with van der Waals surface area (Å²) >= 11 is 0. The Morgan fingerprint density at radius 3 is 2.50 bits per heavy atom. The van der Waals surface area contributed by atoms with Gasteiger partial charge in [0, 0.05) is 14.1 Å². The summed E-state index contributed by atoms with van der Waals surface area (Å²) in [6.45, 7) is 1.60. The first kappa shape index (κ1) is 16.3. The van der Waals surface area contributed by atoms with Crippen LogP contribution in [0.5, 0.6) is 0 Å². The lowest BCUT2D eigenvalue weighted by Crippen LogP contribution is -2.28. The summed E-state index contributed by atoms with van der Waals surface area (Å²) in [4.78, 5) is 11.4. The first-order valence-electron chi connectivity index (χ1n) is 5.87. The Morgan fingerprint density at radius 2 is 2.00 bits per heavy atom. The molecule has 0 aliphatic carbocycles. The minimum Gasteiger partial charge on any atom is -0.467 e. The van der Waals surface area contributed by atoms with Gasteiger partial charge >= 0.3 is 5.97 Å². The molecule has 1 atom stereocenters. The molecule has 0 fully saturated rings. The zero-order valence-electron chi connectivity index (χ0n) is 11.9. The molecule has 1 rings (SSSR count). The van der Waals surface area contributed by atoms with Crippen molar-refractivity contribution in [1.82, 2.24) is 4.31 Å². The van der Waals surface area contributed by atoms with E-state index < -0.39 is 22.0 Å². The van der Waals surface area contributed by atoms with E-state index in [1.807, 2.05) is 0 Å². The lowest BCUT2D eigenvalue weighted by Gasteiger charge is -2.18. The fraction of sp³-hybridized carbons (Fsp3) is 0.417. The third-order valence-electron chi connectivity index (χ3n) is 2.75. The molecule has 0 aliphatic heterocycles. The normalized spacial score (nSPS) is 13.1. The molecule has 1 unspecified atom stereocenters. The monoisotopic (exact) mass is 301 g/mol. The fourth-order valence-electron chi connectivity index (χ4n) is 1.56. The molecule has 1 aromatic rings. The SMILES string of the molecule is COC(=O)C(C)Nc1cccc(S(=O)(=O)N(C)C)c1N. The van der Waals surface area contributed by atoms with Crippen LogP contribution in [-0.4, -0.2) is 45.9 Å². The summed E-state index contributed by atoms with van der Waals surface area (Å²) in [6.07, 6.45) is 0. The number of para-hydroxylation sites is 1. The van der Waals surface area contributed by atoms with Gasteiger partial charge in [-0.25, -0.2) is 17.5 Å². The van der Waals surface area contributed by atoms with Crippen molar-refractivity contribution in [3.63, 3.8) is 0 Å². The smallest absolute Gasteiger partial charge is 0.327 e. The highest BCUT2D eigenvalue weighted by Gasteiger charge is 2.23. The zero-order valence-corrected chi connectivity index (χ0v) is 12.7. The largest absolute Gasteiger partial charge is 0.467 e. The van der Waals surface area contributed by atoms with Gasteiger partial charge in [-0.05, 0) is 19.1 Å². The Hall–Kier alpha value is -1.80. The predicted octanol–water partition coefficient (Wildman–Crippen LogP) is 0.492. The van der Waals surface area contributed by atoms with Crippen LogP contribution >= 0.6 is 0 Å². The van der Waals surface area contributed by atoms with Crippen molar-refractivity contribution >= 4 is 27.4 Å². The molecule has 0 aromatic heterocycles. The lowest BCUT2D eigenvalue weighted by atomic mass is 10.2. The summed E-state index contributed by atoms with van der Waals surface area (Å²) in [5.41, 5.74) is 6.31. The van der Waals surface area contributed by atoms with Gasteiger partial charge in [0.05, 0.1) is 18.5 Å². The molecule has 0 spiro atoms. The lowest BCUT2D eigenvalue weighted by molar-refractivity contribution is -0.141. The highest BCUT2D eigenvalue weighted by molar-refractivity contribution is 7.89. The molecular weight excluding hydrogens is 282 g/mol. The third-order valence-corrected chi connectivity index (χ3v) is 4.62. The molecule has 20 heavy (non-hydrogen) atoms. The van der Waals surface area contributed by atoms with Gasteiger partial charge in [-0.15, -0.1) is 0 Å². The molecule has 0 radical (unpaired) electrons. The number of sulfonamides is 1. The summed E-state index contributed by atoms with van der Waals surface area (Å²) in [7, 11) is 0.480. The minimum absolute atomic E-state index is 0.00966. The first-order chi connectivity index (χ1) is 9.21. The second-order valence-electron chi connectivity index (χ2n) is 4.39. The van der Waals surface area contributed by atoms with Crippen molar-refractivity contribution in [2.45, 2.75) is 17.9 Å². The van der Waals surface area contributed by atoms with E-state index in [1.165, 1.54) is 27.3 Å². The van der Waals surface area contributed by atoms with Crippen LogP contribution in [-0.2, 0) is 19.6 Å². The Balaban J connectivity index is 3.18. The summed E-state index contributed by atoms with van der Waals surface area (Å²) < 4.78 is 29.9. The molecule has 0 saturated carbocycles. The number of nitrogen functional groups attached to an aromatic ring is 1. The van der Waals surface area contributed by atoms with Crippen molar-refractivity contribution in [3.8, 4) is 0 Å². The second-order valence-corrected chi connectivity index (χ2v) is 6.51. The van der Waals surface area contributed by atoms with Crippen LogP contribution in [0.3, 0.4) is 0 Å². The number of nitrogens with one attached hydrogen (secondary N) is 1. The maximum Gasteiger partial charge on any atom is 0.327 e. The van der Waals surface area contributed by atoms with Gasteiger partial charge in [0.25, 0.3) is 0 Å². The van der Waals surface area contributed by atoms with Crippen LogP contribution in [0.4, 0.5) is 11.4 Å². The number of hydrogen-bond acceptors (Lipinski definition) is 6. The Morgan fingerprint density at radius 1 is 1.40 bits per heavy atom. The van der Waals surface area contributed by atoms with Crippen LogP contribution in [0.1, 0.15) is 6.92 Å². The van der Waals surface area contributed by atoms with Gasteiger partial charge in [0.15, 0.2) is 0 Å². The van der Waals surface area contributed by atoms with E-state index in [4.69, 9.17) is 5.73 Å². The number of esters is 1. The van der Waals surface area contributed by atoms with E-state index in [9.17, 15) is 13.2 Å². The van der Waals surface area contributed by atoms with Crippen LogP contribution in [0.15, 0.2) is 23.1 Å². The second kappa shape index (κ2) is 6.10. The average molecular weight is 301 g/mol. The van der Waals surface area contributed by atoms with Gasteiger partial charge in [0.2, 0.25) is 10.0 Å². The molecule has 3 N–H and O–H groups in total. The van der Waals surface area contributed by atoms with E-state index in [0.717, 1.165) is 4.31 Å². The van der Waals surface area contributed by atoms with E-state index in [1.54, 1.807) is 19.1 Å². The molecular formula is C12H19N3O4S. The summed E-state index contributed by atoms with van der Waals surface area (Å²) in [5, 5.41) is 2.83. The topological polar surface area (TPSA) is 102 Å². The van der Waals surface area contributed by atoms with Crippen molar-refractivity contribution in [2.24, 2.45) is 0 Å². The molecule has 8 heteroatoms. The molecule has 0 saturated heterocycles. The molecule has 0 aliphatic rings. The zero-order chi connectivity index (χ0) is 15.5. The number of rotatable bonds is 5. The fourth-order valence-corrected chi connectivity index (χ4v) is 2.59. The quantitative estimate of drug-likeness (QED) is 0.606. The standard InChI is InChI=1S/C12H19N3O4S/c1-8(12(16)19-4)14-9-6-5-7-10(11(9)13)20(17,18)15(2)3/h5-8,14H,13H2,1-4H3. The Bertz CT molecular complexity index is 599. The number of anilines is 2. The minimum atomic E-state index is -3.64. The van der Waals surface area contributed by atoms with Crippen molar-refractivity contribution in [3.05, 3.63) is 18.2 Å². The van der Waals surface area contributed by atoms with E-state index in [2.05, 4.69) is 10.1 Å². The molecule has 1 aromatic carbocycles. The number of benzene rings is 1. The van der Waals surface area contributed by atoms with Gasteiger partial charge < -0.3 is 15.8 Å². The molecule has 0 amide bonds. The highest BCUT2D eigenvalue weighted by atomic mass is 32.2. The number of nitrogens with zero attached hydrogens (tertiary/aromatic N) is 1. The van der Waals surface area contributed by atoms with E-state index in [-0.39, 0.29) is 10.6 Å². The first-order valence-corrected chi connectivity index (χ1v) is 7.31. The Labute approximate surface area is 118 Å². The van der Waals surface area contributed by atoms with Crippen LogP contribution in [0.25, 0.3) is 0 Å². The summed E-state index contributed by atoms with van der Waals surface area (Å²) in [5.74, 6) is -0.467. The van der Waals surface area contributed by atoms with Crippen molar-refractivity contribution < 1.29 is 17.9 Å². The molecule has 7 nitrogen and oxygen atoms in total. The molecule has 0 heterocycles. The van der Waals surface area contributed by atoms with Crippen LogP contribution < -0.4 is 11.1 Å². The van der Waals surface area contributed by atoms with Gasteiger partial charge in [-0.3, -0.25) is 0 Å². The number of hydrogen-bond donors (Lipinski definition) is 2. The predicted molar refractivity (Wildman–Crippen MR) is 76.8 cm³/mol. The van der Waals surface area contributed by atoms with Gasteiger partial charge in [-0.1, -0.05) is 6.07 Å². The maximum atomic E-state index is 12.1. The average Bonchev–Trinajstić information content (AvgIpc) is 2.39. The van der Waals surface area contributed by atoms with Gasteiger partial charge in [0.1, 0.15) is 10.9 Å². The molecule has 112 valence electrons. The summed E-state index contributed by atoms with van der Waals surface area (Å²) in [6, 6.07) is 3.93. The highest BCUT2D eigenvalue weighted by Crippen LogP contribution is 2.28. The van der Waals surface area contributed by atoms with Crippen LogP contribution in [0, 0.1) is 0 Å². The number of ether oxygens (including phenoxy) is 1. The molecule has 0 bridgehead atoms. The third kappa shape index (κ3) is 3.20. The van der Waals surface area contributed by atoms with E-state index in [0.29, 0.717) is 5.69 Å². The number of carbonyl (C=O) groups is 1. The number of methoxy groups -OCH3 is 1.